The Morgan fingerprint density at radius 2 is 1.94 bits per heavy atom. The molecule has 0 saturated heterocycles. The van der Waals surface area contributed by atoms with Gasteiger partial charge in [-0.05, 0) is 44.5 Å². The van der Waals surface area contributed by atoms with Crippen LogP contribution in [0.5, 0.6) is 5.75 Å². The molecule has 4 heteroatoms. The minimum Gasteiger partial charge on any atom is -0.508 e. The molecule has 88 valence electrons. The van der Waals surface area contributed by atoms with Crippen LogP contribution >= 0.6 is 0 Å². The van der Waals surface area contributed by atoms with Gasteiger partial charge < -0.3 is 16.2 Å². The molecule has 1 rings (SSSR count). The molecule has 1 aromatic carbocycles. The first kappa shape index (κ1) is 12.5. The van der Waals surface area contributed by atoms with Crippen molar-refractivity contribution < 1.29 is 9.90 Å². The SMILES string of the molecule is CC(N)CC(C)NC(=O)c1ccc(O)cc1. The smallest absolute Gasteiger partial charge is 0.251 e. The first-order valence-corrected chi connectivity index (χ1v) is 5.34. The molecule has 0 saturated carbocycles. The Bertz CT molecular complexity index is 347. The number of aromatic hydroxyl groups is 1. The van der Waals surface area contributed by atoms with Crippen molar-refractivity contribution in [3.63, 3.8) is 0 Å². The molecule has 4 nitrogen and oxygen atoms in total. The molecule has 0 aliphatic rings. The Balaban J connectivity index is 2.55. The average molecular weight is 222 g/mol. The summed E-state index contributed by atoms with van der Waals surface area (Å²) in [5.74, 6) is 0.00771. The summed E-state index contributed by atoms with van der Waals surface area (Å²) >= 11 is 0. The lowest BCUT2D eigenvalue weighted by Crippen LogP contribution is -2.36. The number of nitrogens with two attached hydrogens (primary N) is 1. The number of rotatable bonds is 4. The van der Waals surface area contributed by atoms with Gasteiger partial charge in [-0.3, -0.25) is 4.79 Å². The lowest BCUT2D eigenvalue weighted by Gasteiger charge is -2.15. The van der Waals surface area contributed by atoms with Crippen molar-refractivity contribution >= 4 is 5.91 Å². The van der Waals surface area contributed by atoms with E-state index in [-0.39, 0.29) is 23.7 Å². The number of amides is 1. The highest BCUT2D eigenvalue weighted by atomic mass is 16.3. The van der Waals surface area contributed by atoms with Crippen LogP contribution in [-0.4, -0.2) is 23.1 Å². The average Bonchev–Trinajstić information content (AvgIpc) is 2.16. The van der Waals surface area contributed by atoms with Gasteiger partial charge in [-0.2, -0.15) is 0 Å². The standard InChI is InChI=1S/C12H18N2O2/c1-8(13)7-9(2)14-12(16)10-3-5-11(15)6-4-10/h3-6,8-9,15H,7,13H2,1-2H3,(H,14,16). The number of hydrogen-bond acceptors (Lipinski definition) is 3. The molecule has 4 N–H and O–H groups in total. The Morgan fingerprint density at radius 3 is 2.44 bits per heavy atom. The molecule has 0 heterocycles. The van der Waals surface area contributed by atoms with Crippen molar-refractivity contribution in [2.75, 3.05) is 0 Å². The second kappa shape index (κ2) is 5.51. The van der Waals surface area contributed by atoms with Gasteiger partial charge in [0, 0.05) is 17.6 Å². The molecule has 1 amide bonds. The third kappa shape index (κ3) is 3.90. The maximum atomic E-state index is 11.7. The monoisotopic (exact) mass is 222 g/mol. The van der Waals surface area contributed by atoms with E-state index in [1.807, 2.05) is 13.8 Å². The number of phenolic OH excluding ortho intramolecular Hbond substituents is 1. The van der Waals surface area contributed by atoms with Crippen LogP contribution < -0.4 is 11.1 Å². The Kier molecular flexibility index (Phi) is 4.31. The molecular weight excluding hydrogens is 204 g/mol. The van der Waals surface area contributed by atoms with Crippen LogP contribution in [0.15, 0.2) is 24.3 Å². The van der Waals surface area contributed by atoms with Crippen LogP contribution in [0, 0.1) is 0 Å². The number of phenols is 1. The molecule has 2 atom stereocenters. The quantitative estimate of drug-likeness (QED) is 0.717. The van der Waals surface area contributed by atoms with Gasteiger partial charge in [-0.15, -0.1) is 0 Å². The van der Waals surface area contributed by atoms with Crippen LogP contribution in [0.1, 0.15) is 30.6 Å². The number of nitrogens with one attached hydrogen (secondary N) is 1. The zero-order valence-corrected chi connectivity index (χ0v) is 9.60. The third-order valence-electron chi connectivity index (χ3n) is 2.23. The molecule has 0 aliphatic carbocycles. The van der Waals surface area contributed by atoms with Crippen LogP contribution in [0.4, 0.5) is 0 Å². The predicted octanol–water partition coefficient (Wildman–Crippen LogP) is 1.25. The van der Waals surface area contributed by atoms with Crippen LogP contribution in [0.2, 0.25) is 0 Å². The summed E-state index contributed by atoms with van der Waals surface area (Å²) in [6.07, 6.45) is 0.740. The summed E-state index contributed by atoms with van der Waals surface area (Å²) in [4.78, 5) is 11.7. The molecule has 0 spiro atoms. The van der Waals surface area contributed by atoms with Gasteiger partial charge in [-0.25, -0.2) is 0 Å². The highest BCUT2D eigenvalue weighted by Gasteiger charge is 2.10. The van der Waals surface area contributed by atoms with E-state index in [1.54, 1.807) is 12.1 Å². The van der Waals surface area contributed by atoms with E-state index in [1.165, 1.54) is 12.1 Å². The van der Waals surface area contributed by atoms with Gasteiger partial charge in [0.05, 0.1) is 0 Å². The zero-order valence-electron chi connectivity index (χ0n) is 9.60. The second-order valence-electron chi connectivity index (χ2n) is 4.13. The van der Waals surface area contributed by atoms with Crippen molar-refractivity contribution in [2.45, 2.75) is 32.4 Å². The van der Waals surface area contributed by atoms with E-state index in [0.29, 0.717) is 5.56 Å². The van der Waals surface area contributed by atoms with Gasteiger partial charge in [0.15, 0.2) is 0 Å². The van der Waals surface area contributed by atoms with Crippen LogP contribution in [-0.2, 0) is 0 Å². The topological polar surface area (TPSA) is 75.3 Å². The molecule has 2 unspecified atom stereocenters. The maximum Gasteiger partial charge on any atom is 0.251 e. The second-order valence-corrected chi connectivity index (χ2v) is 4.13. The number of hydrogen-bond donors (Lipinski definition) is 3. The molecule has 16 heavy (non-hydrogen) atoms. The van der Waals surface area contributed by atoms with E-state index in [4.69, 9.17) is 10.8 Å². The van der Waals surface area contributed by atoms with E-state index < -0.39 is 0 Å². The summed E-state index contributed by atoms with van der Waals surface area (Å²) in [7, 11) is 0. The van der Waals surface area contributed by atoms with Gasteiger partial charge in [0.2, 0.25) is 0 Å². The number of carbonyl (C=O) groups excluding carboxylic acids is 1. The molecule has 0 radical (unpaired) electrons. The fourth-order valence-electron chi connectivity index (χ4n) is 1.54. The van der Waals surface area contributed by atoms with Crippen molar-refractivity contribution in [1.29, 1.82) is 0 Å². The van der Waals surface area contributed by atoms with Crippen LogP contribution in [0.25, 0.3) is 0 Å². The van der Waals surface area contributed by atoms with Crippen LogP contribution in [0.3, 0.4) is 0 Å². The molecule has 0 bridgehead atoms. The maximum absolute atomic E-state index is 11.7. The lowest BCUT2D eigenvalue weighted by atomic mass is 10.1. The van der Waals surface area contributed by atoms with Crippen molar-refractivity contribution in [1.82, 2.24) is 5.32 Å². The summed E-state index contributed by atoms with van der Waals surface area (Å²) in [5.41, 5.74) is 6.18. The first-order chi connectivity index (χ1) is 7.49. The summed E-state index contributed by atoms with van der Waals surface area (Å²) in [6.45, 7) is 3.82. The third-order valence-corrected chi connectivity index (χ3v) is 2.23. The normalized spacial score (nSPS) is 14.2. The molecular formula is C12H18N2O2. The lowest BCUT2D eigenvalue weighted by molar-refractivity contribution is 0.0937. The largest absolute Gasteiger partial charge is 0.508 e. The fraction of sp³-hybridized carbons (Fsp3) is 0.417. The minimum atomic E-state index is -0.145. The fourth-order valence-corrected chi connectivity index (χ4v) is 1.54. The first-order valence-electron chi connectivity index (χ1n) is 5.34. The van der Waals surface area contributed by atoms with Gasteiger partial charge in [-0.1, -0.05) is 0 Å². The Morgan fingerprint density at radius 1 is 1.38 bits per heavy atom. The summed E-state index contributed by atoms with van der Waals surface area (Å²) in [6, 6.07) is 6.26. The van der Waals surface area contributed by atoms with E-state index in [0.717, 1.165) is 6.42 Å². The minimum absolute atomic E-state index is 0.0429. The molecule has 1 aromatic rings. The molecule has 0 aromatic heterocycles. The van der Waals surface area contributed by atoms with Crippen molar-refractivity contribution in [3.8, 4) is 5.75 Å². The number of benzene rings is 1. The summed E-state index contributed by atoms with van der Waals surface area (Å²) in [5, 5.41) is 11.9. The Labute approximate surface area is 95.5 Å². The zero-order chi connectivity index (χ0) is 12.1. The van der Waals surface area contributed by atoms with Crippen molar-refractivity contribution in [2.24, 2.45) is 5.73 Å². The van der Waals surface area contributed by atoms with Gasteiger partial charge in [0.25, 0.3) is 5.91 Å². The predicted molar refractivity (Wildman–Crippen MR) is 63.3 cm³/mol. The Hall–Kier alpha value is -1.55. The van der Waals surface area contributed by atoms with E-state index in [9.17, 15) is 4.79 Å². The molecule has 0 fully saturated rings. The van der Waals surface area contributed by atoms with Gasteiger partial charge in [0.1, 0.15) is 5.75 Å². The highest BCUT2D eigenvalue weighted by Crippen LogP contribution is 2.09. The highest BCUT2D eigenvalue weighted by molar-refractivity contribution is 5.94. The molecule has 0 aliphatic heterocycles. The van der Waals surface area contributed by atoms with E-state index in [2.05, 4.69) is 5.32 Å². The number of carbonyl (C=O) groups is 1. The van der Waals surface area contributed by atoms with E-state index >= 15 is 0 Å². The van der Waals surface area contributed by atoms with Crippen molar-refractivity contribution in [3.05, 3.63) is 29.8 Å². The summed E-state index contributed by atoms with van der Waals surface area (Å²) < 4.78 is 0. The van der Waals surface area contributed by atoms with Gasteiger partial charge >= 0.3 is 0 Å².